The van der Waals surface area contributed by atoms with Crippen LogP contribution in [0.5, 0.6) is 0 Å². The summed E-state index contributed by atoms with van der Waals surface area (Å²) in [5.74, 6) is 0. The lowest BCUT2D eigenvalue weighted by Crippen LogP contribution is -1.91. The number of carbonyl (C=O) groups excluding carboxylic acids is 1. The van der Waals surface area contributed by atoms with E-state index in [2.05, 4.69) is 11.6 Å². The van der Waals surface area contributed by atoms with Gasteiger partial charge >= 0.3 is 0 Å². The van der Waals surface area contributed by atoms with E-state index >= 15 is 0 Å². The summed E-state index contributed by atoms with van der Waals surface area (Å²) >= 11 is 1.10. The van der Waals surface area contributed by atoms with Crippen molar-refractivity contribution in [3.63, 3.8) is 0 Å². The van der Waals surface area contributed by atoms with E-state index in [1.165, 1.54) is 0 Å². The van der Waals surface area contributed by atoms with Gasteiger partial charge in [0.25, 0.3) is 0 Å². The number of hydrogen-bond acceptors (Lipinski definition) is 3. The van der Waals surface area contributed by atoms with Crippen LogP contribution in [-0.4, -0.2) is 10.1 Å². The van der Waals surface area contributed by atoms with Gasteiger partial charge in [0.05, 0.1) is 0 Å². The van der Waals surface area contributed by atoms with Gasteiger partial charge < -0.3 is 0 Å². The van der Waals surface area contributed by atoms with Crippen molar-refractivity contribution in [2.45, 2.75) is 11.9 Å². The molecule has 0 saturated heterocycles. The number of hydrogen-bond donors (Lipinski definition) is 0. The molecular formula is C9H9NOS. The van der Waals surface area contributed by atoms with Gasteiger partial charge in [0.15, 0.2) is 0 Å². The fourth-order valence-corrected chi connectivity index (χ4v) is 1.21. The Hall–Kier alpha value is -1.09. The molecule has 3 heteroatoms. The van der Waals surface area contributed by atoms with Gasteiger partial charge in [-0.25, -0.2) is 4.98 Å². The molecule has 0 atom stereocenters. The lowest BCUT2D eigenvalue weighted by molar-refractivity contribution is -0.107. The fourth-order valence-electron chi connectivity index (χ4n) is 0.590. The molecule has 62 valence electrons. The highest BCUT2D eigenvalue weighted by atomic mass is 32.2. The molecule has 0 unspecified atom stereocenters. The van der Waals surface area contributed by atoms with Crippen LogP contribution in [0.2, 0.25) is 0 Å². The number of thioether (sulfide) groups is 1. The Bertz CT molecular complexity index is 295. The zero-order valence-electron chi connectivity index (χ0n) is 6.78. The molecule has 1 heterocycles. The SMILES string of the molecule is C=C(C)C(=O)Sc1ccccn1. The van der Waals surface area contributed by atoms with E-state index in [1.807, 2.05) is 12.1 Å². The Morgan fingerprint density at radius 3 is 2.83 bits per heavy atom. The fraction of sp³-hybridized carbons (Fsp3) is 0.111. The van der Waals surface area contributed by atoms with Crippen LogP contribution in [0.25, 0.3) is 0 Å². The summed E-state index contributed by atoms with van der Waals surface area (Å²) in [6.07, 6.45) is 1.66. The van der Waals surface area contributed by atoms with Gasteiger partial charge in [-0.05, 0) is 36.4 Å². The molecule has 0 N–H and O–H groups in total. The topological polar surface area (TPSA) is 30.0 Å². The van der Waals surface area contributed by atoms with E-state index in [1.54, 1.807) is 19.2 Å². The van der Waals surface area contributed by atoms with Gasteiger partial charge in [-0.1, -0.05) is 12.6 Å². The zero-order chi connectivity index (χ0) is 8.97. The minimum atomic E-state index is -0.0336. The molecule has 0 fully saturated rings. The van der Waals surface area contributed by atoms with E-state index in [0.29, 0.717) is 10.6 Å². The highest BCUT2D eigenvalue weighted by Crippen LogP contribution is 2.17. The highest BCUT2D eigenvalue weighted by Gasteiger charge is 2.04. The van der Waals surface area contributed by atoms with Crippen molar-refractivity contribution >= 4 is 16.9 Å². The molecule has 0 spiro atoms. The monoisotopic (exact) mass is 179 g/mol. The second-order valence-corrected chi connectivity index (χ2v) is 3.33. The van der Waals surface area contributed by atoms with E-state index in [4.69, 9.17) is 0 Å². The molecule has 0 saturated carbocycles. The molecular weight excluding hydrogens is 170 g/mol. The maximum atomic E-state index is 11.1. The third-order valence-corrected chi connectivity index (χ3v) is 2.17. The van der Waals surface area contributed by atoms with Crippen LogP contribution in [0, 0.1) is 0 Å². The van der Waals surface area contributed by atoms with Crippen molar-refractivity contribution in [2.24, 2.45) is 0 Å². The molecule has 0 amide bonds. The zero-order valence-corrected chi connectivity index (χ0v) is 7.60. The van der Waals surface area contributed by atoms with Crippen molar-refractivity contribution in [3.8, 4) is 0 Å². The van der Waals surface area contributed by atoms with Crippen molar-refractivity contribution in [2.75, 3.05) is 0 Å². The molecule has 1 aromatic heterocycles. The summed E-state index contributed by atoms with van der Waals surface area (Å²) in [6, 6.07) is 5.46. The summed E-state index contributed by atoms with van der Waals surface area (Å²) in [7, 11) is 0. The molecule has 1 aromatic rings. The van der Waals surface area contributed by atoms with Crippen molar-refractivity contribution in [1.82, 2.24) is 4.98 Å². The highest BCUT2D eigenvalue weighted by molar-refractivity contribution is 8.14. The number of carbonyl (C=O) groups is 1. The quantitative estimate of drug-likeness (QED) is 0.515. The lowest BCUT2D eigenvalue weighted by Gasteiger charge is -1.96. The van der Waals surface area contributed by atoms with Crippen molar-refractivity contribution in [3.05, 3.63) is 36.5 Å². The molecule has 0 aromatic carbocycles. The first kappa shape index (κ1) is 9.00. The molecule has 1 rings (SSSR count). The van der Waals surface area contributed by atoms with Gasteiger partial charge in [-0.2, -0.15) is 0 Å². The molecule has 12 heavy (non-hydrogen) atoms. The van der Waals surface area contributed by atoms with E-state index in [-0.39, 0.29) is 5.12 Å². The number of nitrogens with zero attached hydrogens (tertiary/aromatic N) is 1. The maximum absolute atomic E-state index is 11.1. The first-order valence-corrected chi connectivity index (χ1v) is 4.30. The van der Waals surface area contributed by atoms with Crippen LogP contribution in [-0.2, 0) is 4.79 Å². The van der Waals surface area contributed by atoms with Gasteiger partial charge in [0.1, 0.15) is 5.03 Å². The number of pyridine rings is 1. The molecule has 0 radical (unpaired) electrons. The third kappa shape index (κ3) is 2.51. The summed E-state index contributed by atoms with van der Waals surface area (Å²) in [5, 5.41) is 0.680. The summed E-state index contributed by atoms with van der Waals surface area (Å²) in [4.78, 5) is 15.1. The summed E-state index contributed by atoms with van der Waals surface area (Å²) < 4.78 is 0. The standard InChI is InChI=1S/C9H9NOS/c1-7(2)9(11)12-8-5-3-4-6-10-8/h3-6H,1H2,2H3. The Kier molecular flexibility index (Phi) is 3.05. The van der Waals surface area contributed by atoms with Crippen LogP contribution < -0.4 is 0 Å². The molecule has 0 aliphatic carbocycles. The minimum Gasteiger partial charge on any atom is -0.282 e. The Morgan fingerprint density at radius 2 is 2.33 bits per heavy atom. The van der Waals surface area contributed by atoms with Crippen LogP contribution >= 0.6 is 11.8 Å². The van der Waals surface area contributed by atoms with Crippen LogP contribution in [0.4, 0.5) is 0 Å². The Balaban J connectivity index is 2.65. The van der Waals surface area contributed by atoms with Gasteiger partial charge in [0, 0.05) is 6.20 Å². The largest absolute Gasteiger partial charge is 0.282 e. The molecule has 0 bridgehead atoms. The van der Waals surface area contributed by atoms with Crippen molar-refractivity contribution in [1.29, 1.82) is 0 Å². The minimum absolute atomic E-state index is 0.0336. The third-order valence-electron chi connectivity index (χ3n) is 1.18. The van der Waals surface area contributed by atoms with E-state index in [0.717, 1.165) is 11.8 Å². The molecule has 0 aliphatic rings. The smallest absolute Gasteiger partial charge is 0.220 e. The first-order valence-electron chi connectivity index (χ1n) is 3.49. The van der Waals surface area contributed by atoms with Gasteiger partial charge in [-0.15, -0.1) is 0 Å². The second-order valence-electron chi connectivity index (χ2n) is 2.34. The van der Waals surface area contributed by atoms with E-state index in [9.17, 15) is 4.79 Å². The van der Waals surface area contributed by atoms with Crippen LogP contribution in [0.3, 0.4) is 0 Å². The second kappa shape index (κ2) is 4.07. The lowest BCUT2D eigenvalue weighted by atomic mass is 10.4. The summed E-state index contributed by atoms with van der Waals surface area (Å²) in [5.41, 5.74) is 0.547. The van der Waals surface area contributed by atoms with Gasteiger partial charge in [0.2, 0.25) is 5.12 Å². The van der Waals surface area contributed by atoms with Crippen LogP contribution in [0.15, 0.2) is 41.6 Å². The van der Waals surface area contributed by atoms with E-state index < -0.39 is 0 Å². The van der Waals surface area contributed by atoms with Gasteiger partial charge in [-0.3, -0.25) is 4.79 Å². The summed E-state index contributed by atoms with van der Waals surface area (Å²) in [6.45, 7) is 5.25. The predicted molar refractivity (Wildman–Crippen MR) is 49.9 cm³/mol. The molecule has 2 nitrogen and oxygen atoms in total. The Labute approximate surface area is 75.7 Å². The average Bonchev–Trinajstić information content (AvgIpc) is 2.06. The average molecular weight is 179 g/mol. The van der Waals surface area contributed by atoms with Crippen LogP contribution in [0.1, 0.15) is 6.92 Å². The molecule has 0 aliphatic heterocycles. The number of rotatable bonds is 2. The normalized spacial score (nSPS) is 9.42. The number of aromatic nitrogens is 1. The maximum Gasteiger partial charge on any atom is 0.220 e. The van der Waals surface area contributed by atoms with Crippen molar-refractivity contribution < 1.29 is 4.79 Å². The first-order chi connectivity index (χ1) is 5.70. The Morgan fingerprint density at radius 1 is 1.58 bits per heavy atom. The predicted octanol–water partition coefficient (Wildman–Crippen LogP) is 2.28.